The fraction of sp³-hybridized carbons (Fsp3) is 0.556. The zero-order valence-electron chi connectivity index (χ0n) is 8.00. The van der Waals surface area contributed by atoms with Crippen molar-refractivity contribution in [1.82, 2.24) is 9.97 Å². The van der Waals surface area contributed by atoms with Crippen LogP contribution in [0.5, 0.6) is 0 Å². The molecule has 0 amide bonds. The Bertz CT molecular complexity index is 336. The van der Waals surface area contributed by atoms with Crippen molar-refractivity contribution in [1.29, 1.82) is 0 Å². The van der Waals surface area contributed by atoms with Crippen LogP contribution >= 0.6 is 11.6 Å². The average molecular weight is 213 g/mol. The second kappa shape index (κ2) is 3.61. The summed E-state index contributed by atoms with van der Waals surface area (Å²) in [6, 6.07) is 0.483. The van der Waals surface area contributed by atoms with Gasteiger partial charge >= 0.3 is 0 Å². The first kappa shape index (κ1) is 9.52. The zero-order valence-corrected chi connectivity index (χ0v) is 8.75. The molecule has 1 aromatic heterocycles. The molecule has 5 heteroatoms. The van der Waals surface area contributed by atoms with Crippen molar-refractivity contribution in [3.05, 3.63) is 11.2 Å². The highest BCUT2D eigenvalue weighted by molar-refractivity contribution is 6.32. The van der Waals surface area contributed by atoms with Crippen LogP contribution in [-0.2, 0) is 0 Å². The van der Waals surface area contributed by atoms with E-state index in [1.165, 1.54) is 19.0 Å². The summed E-state index contributed by atoms with van der Waals surface area (Å²) < 4.78 is 0. The Labute approximate surface area is 87.9 Å². The van der Waals surface area contributed by atoms with E-state index in [1.54, 1.807) is 0 Å². The molecule has 0 radical (unpaired) electrons. The molecule has 0 unspecified atom stereocenters. The van der Waals surface area contributed by atoms with E-state index in [0.717, 1.165) is 5.92 Å². The molecule has 1 saturated carbocycles. The van der Waals surface area contributed by atoms with Gasteiger partial charge in [-0.2, -0.15) is 4.98 Å². The summed E-state index contributed by atoms with van der Waals surface area (Å²) in [6.07, 6.45) is 3.86. The highest BCUT2D eigenvalue weighted by atomic mass is 35.5. The van der Waals surface area contributed by atoms with E-state index < -0.39 is 0 Å². The monoisotopic (exact) mass is 212 g/mol. The maximum absolute atomic E-state index is 5.91. The topological polar surface area (TPSA) is 63.8 Å². The Morgan fingerprint density at radius 2 is 2.29 bits per heavy atom. The largest absolute Gasteiger partial charge is 0.368 e. The van der Waals surface area contributed by atoms with Crippen molar-refractivity contribution in [2.45, 2.75) is 25.8 Å². The van der Waals surface area contributed by atoms with Crippen LogP contribution in [0.4, 0.5) is 11.8 Å². The standard InChI is InChI=1S/C9H13ClN4/c1-5-2-6(3-5)13-8-7(10)4-12-9(11)14-8/h4-6H,2-3H2,1H3,(H3,11,12,13,14). The number of hydrogen-bond donors (Lipinski definition) is 2. The molecular weight excluding hydrogens is 200 g/mol. The molecular formula is C9H13ClN4. The van der Waals surface area contributed by atoms with Crippen molar-refractivity contribution in [3.8, 4) is 0 Å². The maximum Gasteiger partial charge on any atom is 0.222 e. The third-order valence-corrected chi connectivity index (χ3v) is 2.75. The Balaban J connectivity index is 2.05. The van der Waals surface area contributed by atoms with Gasteiger partial charge in [0.05, 0.1) is 6.20 Å². The van der Waals surface area contributed by atoms with Crippen LogP contribution in [0.15, 0.2) is 6.20 Å². The molecule has 1 aliphatic carbocycles. The summed E-state index contributed by atoms with van der Waals surface area (Å²) in [5, 5.41) is 3.78. The maximum atomic E-state index is 5.91. The minimum Gasteiger partial charge on any atom is -0.368 e. The molecule has 14 heavy (non-hydrogen) atoms. The van der Waals surface area contributed by atoms with Gasteiger partial charge in [0.2, 0.25) is 5.95 Å². The first-order valence-corrected chi connectivity index (χ1v) is 5.07. The summed E-state index contributed by atoms with van der Waals surface area (Å²) in [5.41, 5.74) is 5.47. The summed E-state index contributed by atoms with van der Waals surface area (Å²) in [7, 11) is 0. The second-order valence-electron chi connectivity index (χ2n) is 3.84. The molecule has 3 N–H and O–H groups in total. The number of nitrogens with two attached hydrogens (primary N) is 1. The molecule has 0 atom stereocenters. The van der Waals surface area contributed by atoms with E-state index >= 15 is 0 Å². The lowest BCUT2D eigenvalue weighted by atomic mass is 9.82. The van der Waals surface area contributed by atoms with Crippen molar-refractivity contribution in [3.63, 3.8) is 0 Å². The lowest BCUT2D eigenvalue weighted by molar-refractivity contribution is 0.308. The summed E-state index contributed by atoms with van der Waals surface area (Å²) in [6.45, 7) is 2.23. The number of nitrogen functional groups attached to an aromatic ring is 1. The van der Waals surface area contributed by atoms with E-state index in [9.17, 15) is 0 Å². The molecule has 1 aliphatic rings. The fourth-order valence-electron chi connectivity index (χ4n) is 1.70. The van der Waals surface area contributed by atoms with E-state index in [4.69, 9.17) is 17.3 Å². The number of anilines is 2. The highest BCUT2D eigenvalue weighted by Gasteiger charge is 2.25. The van der Waals surface area contributed by atoms with Crippen LogP contribution < -0.4 is 11.1 Å². The van der Waals surface area contributed by atoms with Gasteiger partial charge in [-0.3, -0.25) is 0 Å². The minimum absolute atomic E-state index is 0.254. The number of aromatic nitrogens is 2. The molecule has 0 aliphatic heterocycles. The van der Waals surface area contributed by atoms with E-state index in [1.807, 2.05) is 0 Å². The van der Waals surface area contributed by atoms with Crippen LogP contribution in [0.25, 0.3) is 0 Å². The van der Waals surface area contributed by atoms with Gasteiger partial charge in [-0.25, -0.2) is 4.98 Å². The number of rotatable bonds is 2. The predicted octanol–water partition coefficient (Wildman–Crippen LogP) is 1.92. The quantitative estimate of drug-likeness (QED) is 0.786. The fourth-order valence-corrected chi connectivity index (χ4v) is 1.84. The summed E-state index contributed by atoms with van der Waals surface area (Å²) in [4.78, 5) is 7.84. The van der Waals surface area contributed by atoms with E-state index in [-0.39, 0.29) is 5.95 Å². The molecule has 1 heterocycles. The molecule has 0 bridgehead atoms. The molecule has 1 fully saturated rings. The molecule has 76 valence electrons. The van der Waals surface area contributed by atoms with Gasteiger partial charge in [-0.05, 0) is 18.8 Å². The summed E-state index contributed by atoms with van der Waals surface area (Å²) in [5.74, 6) is 1.70. The highest BCUT2D eigenvalue weighted by Crippen LogP contribution is 2.30. The zero-order chi connectivity index (χ0) is 10.1. The molecule has 0 aromatic carbocycles. The first-order valence-electron chi connectivity index (χ1n) is 4.69. The van der Waals surface area contributed by atoms with Crippen molar-refractivity contribution in [2.24, 2.45) is 5.92 Å². The lowest BCUT2D eigenvalue weighted by Gasteiger charge is -2.33. The van der Waals surface area contributed by atoms with Crippen LogP contribution in [0, 0.1) is 5.92 Å². The third-order valence-electron chi connectivity index (χ3n) is 2.48. The van der Waals surface area contributed by atoms with Crippen molar-refractivity contribution >= 4 is 23.4 Å². The average Bonchev–Trinajstić information content (AvgIpc) is 2.09. The van der Waals surface area contributed by atoms with Crippen molar-refractivity contribution < 1.29 is 0 Å². The Hall–Kier alpha value is -1.03. The Morgan fingerprint density at radius 1 is 1.57 bits per heavy atom. The molecule has 0 spiro atoms. The van der Waals surface area contributed by atoms with Gasteiger partial charge in [0.1, 0.15) is 5.02 Å². The molecule has 2 rings (SSSR count). The number of halogens is 1. The number of nitrogens with one attached hydrogen (secondary N) is 1. The minimum atomic E-state index is 0.254. The third kappa shape index (κ3) is 1.90. The Kier molecular flexibility index (Phi) is 2.46. The van der Waals surface area contributed by atoms with Gasteiger partial charge in [-0.15, -0.1) is 0 Å². The molecule has 4 nitrogen and oxygen atoms in total. The predicted molar refractivity (Wildman–Crippen MR) is 57.3 cm³/mol. The van der Waals surface area contributed by atoms with Crippen LogP contribution in [0.2, 0.25) is 5.02 Å². The van der Waals surface area contributed by atoms with Gasteiger partial charge < -0.3 is 11.1 Å². The molecule has 0 saturated heterocycles. The molecule has 1 aromatic rings. The lowest BCUT2D eigenvalue weighted by Crippen LogP contribution is -2.34. The number of hydrogen-bond acceptors (Lipinski definition) is 4. The van der Waals surface area contributed by atoms with Crippen LogP contribution in [-0.4, -0.2) is 16.0 Å². The second-order valence-corrected chi connectivity index (χ2v) is 4.25. The van der Waals surface area contributed by atoms with Gasteiger partial charge in [-0.1, -0.05) is 18.5 Å². The van der Waals surface area contributed by atoms with E-state index in [0.29, 0.717) is 16.9 Å². The van der Waals surface area contributed by atoms with Gasteiger partial charge in [0.15, 0.2) is 5.82 Å². The SMILES string of the molecule is CC1CC(Nc2nc(N)ncc2Cl)C1. The van der Waals surface area contributed by atoms with Gasteiger partial charge in [0, 0.05) is 6.04 Å². The smallest absolute Gasteiger partial charge is 0.222 e. The number of nitrogens with zero attached hydrogens (tertiary/aromatic N) is 2. The normalized spacial score (nSPS) is 25.6. The van der Waals surface area contributed by atoms with Gasteiger partial charge in [0.25, 0.3) is 0 Å². The Morgan fingerprint density at radius 3 is 2.93 bits per heavy atom. The first-order chi connectivity index (χ1) is 6.65. The van der Waals surface area contributed by atoms with E-state index in [2.05, 4.69) is 22.2 Å². The van der Waals surface area contributed by atoms with Crippen LogP contribution in [0.1, 0.15) is 19.8 Å². The summed E-state index contributed by atoms with van der Waals surface area (Å²) >= 11 is 5.91. The van der Waals surface area contributed by atoms with Crippen LogP contribution in [0.3, 0.4) is 0 Å². The van der Waals surface area contributed by atoms with Crippen molar-refractivity contribution in [2.75, 3.05) is 11.1 Å².